The van der Waals surface area contributed by atoms with Crippen LogP contribution >= 0.6 is 0 Å². The Labute approximate surface area is 171 Å². The second kappa shape index (κ2) is 9.07. The number of carbonyl (C=O) groups excluding carboxylic acids is 2. The molecule has 2 aliphatic rings. The number of amides is 2. The van der Waals surface area contributed by atoms with Crippen molar-refractivity contribution in [3.63, 3.8) is 0 Å². The number of pyridine rings is 1. The molecule has 0 bridgehead atoms. The fraction of sp³-hybridized carbons (Fsp3) is 0.435. The third-order valence-corrected chi connectivity index (χ3v) is 5.90. The normalized spacial score (nSPS) is 17.8. The van der Waals surface area contributed by atoms with Crippen LogP contribution in [0.25, 0.3) is 0 Å². The van der Waals surface area contributed by atoms with Gasteiger partial charge in [-0.25, -0.2) is 0 Å². The molecule has 2 aromatic rings. The van der Waals surface area contributed by atoms with Crippen LogP contribution in [0.5, 0.6) is 0 Å². The van der Waals surface area contributed by atoms with E-state index in [9.17, 15) is 9.59 Å². The first-order chi connectivity index (χ1) is 14.2. The molecule has 2 aliphatic heterocycles. The molecule has 2 fully saturated rings. The van der Waals surface area contributed by atoms with E-state index in [1.165, 1.54) is 24.9 Å². The van der Waals surface area contributed by atoms with E-state index in [2.05, 4.69) is 27.3 Å². The van der Waals surface area contributed by atoms with Gasteiger partial charge in [0.1, 0.15) is 0 Å². The Morgan fingerprint density at radius 2 is 1.48 bits per heavy atom. The first-order valence-electron chi connectivity index (χ1n) is 10.6. The van der Waals surface area contributed by atoms with E-state index in [0.29, 0.717) is 24.2 Å². The molecule has 2 amide bonds. The zero-order chi connectivity index (χ0) is 20.1. The first-order valence-corrected chi connectivity index (χ1v) is 10.6. The summed E-state index contributed by atoms with van der Waals surface area (Å²) in [5, 5.41) is 3.13. The van der Waals surface area contributed by atoms with E-state index in [1.807, 2.05) is 17.0 Å². The molecule has 2 saturated heterocycles. The van der Waals surface area contributed by atoms with Gasteiger partial charge in [0, 0.05) is 61.4 Å². The predicted octanol–water partition coefficient (Wildman–Crippen LogP) is 3.11. The molecule has 1 aromatic carbocycles. The lowest BCUT2D eigenvalue weighted by Gasteiger charge is -2.32. The summed E-state index contributed by atoms with van der Waals surface area (Å²) < 4.78 is 0. The monoisotopic (exact) mass is 392 g/mol. The van der Waals surface area contributed by atoms with Gasteiger partial charge < -0.3 is 15.1 Å². The molecule has 29 heavy (non-hydrogen) atoms. The number of aromatic nitrogens is 1. The molecule has 0 aliphatic carbocycles. The van der Waals surface area contributed by atoms with Crippen LogP contribution in [0.3, 0.4) is 0 Å². The van der Waals surface area contributed by atoms with Crippen LogP contribution in [0.15, 0.2) is 48.8 Å². The molecule has 0 saturated carbocycles. The van der Waals surface area contributed by atoms with Gasteiger partial charge in [-0.1, -0.05) is 0 Å². The van der Waals surface area contributed by atoms with Crippen LogP contribution in [-0.2, 0) is 0 Å². The topological polar surface area (TPSA) is 65.5 Å². The highest BCUT2D eigenvalue weighted by atomic mass is 16.2. The summed E-state index contributed by atoms with van der Waals surface area (Å²) in [6.07, 6.45) is 8.61. The fourth-order valence-corrected chi connectivity index (χ4v) is 4.15. The Bertz CT molecular complexity index is 824. The zero-order valence-electron chi connectivity index (χ0n) is 16.7. The minimum absolute atomic E-state index is 0.0329. The van der Waals surface area contributed by atoms with Crippen molar-refractivity contribution in [2.24, 2.45) is 0 Å². The van der Waals surface area contributed by atoms with Crippen molar-refractivity contribution in [2.75, 3.05) is 31.1 Å². The Morgan fingerprint density at radius 3 is 2.14 bits per heavy atom. The molecule has 6 heteroatoms. The lowest BCUT2D eigenvalue weighted by molar-refractivity contribution is 0.0698. The molecule has 4 rings (SSSR count). The zero-order valence-corrected chi connectivity index (χ0v) is 16.7. The Kier molecular flexibility index (Phi) is 6.08. The molecule has 1 aromatic heterocycles. The van der Waals surface area contributed by atoms with Gasteiger partial charge in [-0.2, -0.15) is 0 Å². The smallest absolute Gasteiger partial charge is 0.253 e. The third kappa shape index (κ3) is 4.75. The maximum absolute atomic E-state index is 12.6. The van der Waals surface area contributed by atoms with E-state index in [-0.39, 0.29) is 17.9 Å². The molecule has 0 spiro atoms. The summed E-state index contributed by atoms with van der Waals surface area (Å²) in [6.45, 7) is 3.50. The van der Waals surface area contributed by atoms with Crippen molar-refractivity contribution in [2.45, 2.75) is 38.1 Å². The van der Waals surface area contributed by atoms with Crippen LogP contribution in [0, 0.1) is 0 Å². The van der Waals surface area contributed by atoms with E-state index in [1.54, 1.807) is 24.5 Å². The summed E-state index contributed by atoms with van der Waals surface area (Å²) in [7, 11) is 0. The lowest BCUT2D eigenvalue weighted by atomic mass is 10.0. The molecule has 0 unspecified atom stereocenters. The minimum atomic E-state index is -0.0332. The average molecular weight is 393 g/mol. The number of nitrogens with zero attached hydrogens (tertiary/aromatic N) is 3. The van der Waals surface area contributed by atoms with Gasteiger partial charge >= 0.3 is 0 Å². The van der Waals surface area contributed by atoms with Gasteiger partial charge in [0.15, 0.2) is 0 Å². The van der Waals surface area contributed by atoms with E-state index < -0.39 is 0 Å². The third-order valence-electron chi connectivity index (χ3n) is 5.90. The maximum Gasteiger partial charge on any atom is 0.253 e. The van der Waals surface area contributed by atoms with Gasteiger partial charge in [0.25, 0.3) is 11.8 Å². The number of rotatable bonds is 4. The lowest BCUT2D eigenvalue weighted by Crippen LogP contribution is -2.46. The van der Waals surface area contributed by atoms with Crippen LogP contribution in [0.1, 0.15) is 52.8 Å². The second-order valence-electron chi connectivity index (χ2n) is 7.87. The average Bonchev–Trinajstić information content (AvgIpc) is 2.80. The number of piperidine rings is 2. The molecular formula is C23H28N4O2. The molecule has 3 heterocycles. The van der Waals surface area contributed by atoms with Gasteiger partial charge in [-0.3, -0.25) is 14.6 Å². The highest BCUT2D eigenvalue weighted by Crippen LogP contribution is 2.20. The van der Waals surface area contributed by atoms with Gasteiger partial charge in [0.2, 0.25) is 0 Å². The Balaban J connectivity index is 1.28. The highest BCUT2D eigenvalue weighted by Gasteiger charge is 2.25. The standard InChI is InChI=1S/C23H28N4O2/c28-22(18-4-6-21(7-5-18)26-14-2-1-3-15-26)25-20-10-16-27(17-11-20)23(29)19-8-12-24-13-9-19/h4-9,12-13,20H,1-3,10-11,14-17H2,(H,25,28). The summed E-state index contributed by atoms with van der Waals surface area (Å²) in [5.41, 5.74) is 2.56. The SMILES string of the molecule is O=C(NC1CCN(C(=O)c2ccncc2)CC1)c1ccc(N2CCCCC2)cc1. The molecule has 0 radical (unpaired) electrons. The number of anilines is 1. The van der Waals surface area contributed by atoms with E-state index >= 15 is 0 Å². The maximum atomic E-state index is 12.6. The minimum Gasteiger partial charge on any atom is -0.372 e. The largest absolute Gasteiger partial charge is 0.372 e. The summed E-state index contributed by atoms with van der Waals surface area (Å²) in [4.78, 5) is 33.3. The molecule has 6 nitrogen and oxygen atoms in total. The van der Waals surface area contributed by atoms with Crippen molar-refractivity contribution in [1.29, 1.82) is 0 Å². The van der Waals surface area contributed by atoms with Gasteiger partial charge in [-0.15, -0.1) is 0 Å². The number of hydrogen-bond acceptors (Lipinski definition) is 4. The van der Waals surface area contributed by atoms with E-state index in [0.717, 1.165) is 25.9 Å². The number of carbonyl (C=O) groups is 2. The first kappa shape index (κ1) is 19.4. The van der Waals surface area contributed by atoms with Crippen molar-refractivity contribution < 1.29 is 9.59 Å². The van der Waals surface area contributed by atoms with E-state index in [4.69, 9.17) is 0 Å². The fourth-order valence-electron chi connectivity index (χ4n) is 4.15. The van der Waals surface area contributed by atoms with Crippen molar-refractivity contribution >= 4 is 17.5 Å². The van der Waals surface area contributed by atoms with Crippen LogP contribution in [-0.4, -0.2) is 53.9 Å². The summed E-state index contributed by atoms with van der Waals surface area (Å²) in [6, 6.07) is 11.5. The van der Waals surface area contributed by atoms with Crippen molar-refractivity contribution in [3.05, 3.63) is 59.9 Å². The highest BCUT2D eigenvalue weighted by molar-refractivity contribution is 5.95. The molecule has 1 N–H and O–H groups in total. The number of hydrogen-bond donors (Lipinski definition) is 1. The predicted molar refractivity (Wildman–Crippen MR) is 113 cm³/mol. The Morgan fingerprint density at radius 1 is 0.828 bits per heavy atom. The number of nitrogens with one attached hydrogen (secondary N) is 1. The molecule has 152 valence electrons. The van der Waals surface area contributed by atoms with Crippen LogP contribution < -0.4 is 10.2 Å². The van der Waals surface area contributed by atoms with Crippen LogP contribution in [0.2, 0.25) is 0 Å². The molecule has 0 atom stereocenters. The van der Waals surface area contributed by atoms with Crippen molar-refractivity contribution in [3.8, 4) is 0 Å². The Hall–Kier alpha value is -2.89. The molecular weight excluding hydrogens is 364 g/mol. The summed E-state index contributed by atoms with van der Waals surface area (Å²) >= 11 is 0. The van der Waals surface area contributed by atoms with Gasteiger partial charge in [-0.05, 0) is 68.5 Å². The number of likely N-dealkylation sites (tertiary alicyclic amines) is 1. The second-order valence-corrected chi connectivity index (χ2v) is 7.87. The number of benzene rings is 1. The van der Waals surface area contributed by atoms with Gasteiger partial charge in [0.05, 0.1) is 0 Å². The quantitative estimate of drug-likeness (QED) is 0.868. The van der Waals surface area contributed by atoms with Crippen LogP contribution in [0.4, 0.5) is 5.69 Å². The summed E-state index contributed by atoms with van der Waals surface area (Å²) in [5.74, 6) is -0.000387. The van der Waals surface area contributed by atoms with Crippen molar-refractivity contribution in [1.82, 2.24) is 15.2 Å².